The number of fused-ring (bicyclic) bond motifs is 1. The number of carbonyl (C=O) groups excluding carboxylic acids is 2. The lowest BCUT2D eigenvalue weighted by atomic mass is 9.79. The average Bonchev–Trinajstić information content (AvgIpc) is 2.85. The molecule has 4 nitrogen and oxygen atoms in total. The maximum absolute atomic E-state index is 12.0. The van der Waals surface area contributed by atoms with E-state index in [1.54, 1.807) is 0 Å². The van der Waals surface area contributed by atoms with Crippen LogP contribution in [0.25, 0.3) is 0 Å². The topological polar surface area (TPSA) is 55.4 Å². The van der Waals surface area contributed by atoms with Gasteiger partial charge in [0.05, 0.1) is 11.8 Å². The Balaban J connectivity index is 1.77. The molecule has 3 rings (SSSR count). The van der Waals surface area contributed by atoms with Crippen LogP contribution in [-0.4, -0.2) is 24.5 Å². The molecule has 0 aromatic carbocycles. The predicted octanol–water partition coefficient (Wildman–Crippen LogP) is 0.710. The summed E-state index contributed by atoms with van der Waals surface area (Å²) in [4.78, 5) is 23.7. The van der Waals surface area contributed by atoms with Gasteiger partial charge in [-0.25, -0.2) is 0 Å². The normalized spacial score (nSPS) is 43.6. The van der Waals surface area contributed by atoms with Gasteiger partial charge >= 0.3 is 5.97 Å². The van der Waals surface area contributed by atoms with E-state index in [9.17, 15) is 9.59 Å². The molecule has 5 atom stereocenters. The number of amides is 1. The van der Waals surface area contributed by atoms with Crippen LogP contribution in [0.1, 0.15) is 26.2 Å². The smallest absolute Gasteiger partial charge is 0.310 e. The third-order valence-corrected chi connectivity index (χ3v) is 4.34. The standard InChI is InChI=1S/C12H17NO3/c1-2-3-13-11(14)9-6-4-7-8(5-6)16-12(15)10(7)9/h6-10H,2-5H2,1H3,(H,13,14)/t6-,7+,8-,9-,10+/m1/s1. The zero-order valence-electron chi connectivity index (χ0n) is 9.44. The van der Waals surface area contributed by atoms with E-state index in [2.05, 4.69) is 5.32 Å². The molecule has 16 heavy (non-hydrogen) atoms. The highest BCUT2D eigenvalue weighted by Gasteiger charge is 2.63. The number of hydrogen-bond donors (Lipinski definition) is 1. The van der Waals surface area contributed by atoms with Crippen LogP contribution in [0, 0.1) is 23.7 Å². The number of esters is 1. The van der Waals surface area contributed by atoms with Gasteiger partial charge in [-0.2, -0.15) is 0 Å². The van der Waals surface area contributed by atoms with Crippen molar-refractivity contribution in [2.75, 3.05) is 6.54 Å². The second-order valence-electron chi connectivity index (χ2n) is 5.21. The van der Waals surface area contributed by atoms with Gasteiger partial charge in [0, 0.05) is 12.5 Å². The van der Waals surface area contributed by atoms with E-state index in [1.165, 1.54) is 0 Å². The van der Waals surface area contributed by atoms with Crippen LogP contribution in [0.3, 0.4) is 0 Å². The van der Waals surface area contributed by atoms with E-state index in [1.807, 2.05) is 6.92 Å². The lowest BCUT2D eigenvalue weighted by Gasteiger charge is -2.23. The molecule has 3 aliphatic rings. The first-order chi connectivity index (χ1) is 7.72. The van der Waals surface area contributed by atoms with Gasteiger partial charge in [-0.15, -0.1) is 0 Å². The minimum absolute atomic E-state index is 0.0663. The van der Waals surface area contributed by atoms with Crippen LogP contribution in [0.4, 0.5) is 0 Å². The van der Waals surface area contributed by atoms with Crippen LogP contribution in [0.5, 0.6) is 0 Å². The molecule has 2 saturated carbocycles. The zero-order valence-corrected chi connectivity index (χ0v) is 9.44. The number of hydrogen-bond acceptors (Lipinski definition) is 3. The molecule has 1 heterocycles. The second-order valence-corrected chi connectivity index (χ2v) is 5.21. The summed E-state index contributed by atoms with van der Waals surface area (Å²) in [5.41, 5.74) is 0. The minimum atomic E-state index is -0.138. The van der Waals surface area contributed by atoms with Crippen molar-refractivity contribution >= 4 is 11.9 Å². The molecule has 2 aliphatic carbocycles. The zero-order chi connectivity index (χ0) is 11.3. The van der Waals surface area contributed by atoms with Crippen LogP contribution in [-0.2, 0) is 14.3 Å². The van der Waals surface area contributed by atoms with Crippen molar-refractivity contribution in [1.82, 2.24) is 5.32 Å². The molecule has 1 aliphatic heterocycles. The Morgan fingerprint density at radius 3 is 3.06 bits per heavy atom. The van der Waals surface area contributed by atoms with Gasteiger partial charge in [-0.05, 0) is 25.2 Å². The van der Waals surface area contributed by atoms with E-state index >= 15 is 0 Å². The van der Waals surface area contributed by atoms with Gasteiger partial charge in [0.25, 0.3) is 0 Å². The first kappa shape index (κ1) is 10.1. The van der Waals surface area contributed by atoms with Crippen LogP contribution in [0.15, 0.2) is 0 Å². The Kier molecular flexibility index (Phi) is 2.19. The molecule has 0 spiro atoms. The maximum Gasteiger partial charge on any atom is 0.310 e. The molecule has 1 saturated heterocycles. The van der Waals surface area contributed by atoms with Crippen molar-refractivity contribution in [2.45, 2.75) is 32.3 Å². The lowest BCUT2D eigenvalue weighted by Crippen LogP contribution is -2.40. The van der Waals surface area contributed by atoms with Crippen molar-refractivity contribution in [1.29, 1.82) is 0 Å². The molecule has 4 heteroatoms. The summed E-state index contributed by atoms with van der Waals surface area (Å²) in [6, 6.07) is 0. The summed E-state index contributed by atoms with van der Waals surface area (Å²) in [5, 5.41) is 2.92. The van der Waals surface area contributed by atoms with Crippen molar-refractivity contribution in [2.24, 2.45) is 23.7 Å². The van der Waals surface area contributed by atoms with Gasteiger partial charge in [0.1, 0.15) is 6.10 Å². The number of rotatable bonds is 3. The van der Waals surface area contributed by atoms with Crippen molar-refractivity contribution in [3.05, 3.63) is 0 Å². The first-order valence-electron chi connectivity index (χ1n) is 6.20. The molecule has 0 radical (unpaired) electrons. The highest BCUT2D eigenvalue weighted by Crippen LogP contribution is 2.57. The molecule has 1 amide bonds. The fourth-order valence-corrected chi connectivity index (χ4v) is 3.73. The van der Waals surface area contributed by atoms with E-state index in [4.69, 9.17) is 4.74 Å². The van der Waals surface area contributed by atoms with Crippen molar-refractivity contribution in [3.63, 3.8) is 0 Å². The van der Waals surface area contributed by atoms with Gasteiger partial charge < -0.3 is 10.1 Å². The molecule has 3 fully saturated rings. The van der Waals surface area contributed by atoms with E-state index in [-0.39, 0.29) is 29.8 Å². The van der Waals surface area contributed by atoms with Gasteiger partial charge in [-0.1, -0.05) is 6.92 Å². The lowest BCUT2D eigenvalue weighted by molar-refractivity contribution is -0.146. The average molecular weight is 223 g/mol. The van der Waals surface area contributed by atoms with E-state index in [0.29, 0.717) is 18.4 Å². The fourth-order valence-electron chi connectivity index (χ4n) is 3.73. The first-order valence-corrected chi connectivity index (χ1v) is 6.20. The monoisotopic (exact) mass is 223 g/mol. The highest BCUT2D eigenvalue weighted by atomic mass is 16.6. The molecule has 0 aromatic rings. The van der Waals surface area contributed by atoms with Crippen molar-refractivity contribution in [3.8, 4) is 0 Å². The predicted molar refractivity (Wildman–Crippen MR) is 56.4 cm³/mol. The van der Waals surface area contributed by atoms with Crippen LogP contribution in [0.2, 0.25) is 0 Å². The maximum atomic E-state index is 12.0. The Hall–Kier alpha value is -1.06. The molecule has 1 N–H and O–H groups in total. The molecular weight excluding hydrogens is 206 g/mol. The summed E-state index contributed by atoms with van der Waals surface area (Å²) in [6.45, 7) is 2.73. The third-order valence-electron chi connectivity index (χ3n) is 4.34. The summed E-state index contributed by atoms with van der Waals surface area (Å²) >= 11 is 0. The molecular formula is C12H17NO3. The van der Waals surface area contributed by atoms with Crippen LogP contribution < -0.4 is 5.32 Å². The summed E-state index contributed by atoms with van der Waals surface area (Å²) in [7, 11) is 0. The largest absolute Gasteiger partial charge is 0.462 e. The van der Waals surface area contributed by atoms with Crippen LogP contribution >= 0.6 is 0 Å². The van der Waals surface area contributed by atoms with Gasteiger partial charge in [-0.3, -0.25) is 9.59 Å². The number of carbonyl (C=O) groups is 2. The van der Waals surface area contributed by atoms with Gasteiger partial charge in [0.2, 0.25) is 5.91 Å². The molecule has 0 unspecified atom stereocenters. The second kappa shape index (κ2) is 3.47. The quantitative estimate of drug-likeness (QED) is 0.717. The minimum Gasteiger partial charge on any atom is -0.462 e. The third kappa shape index (κ3) is 1.22. The molecule has 88 valence electrons. The summed E-state index contributed by atoms with van der Waals surface area (Å²) < 4.78 is 5.31. The number of nitrogens with one attached hydrogen (secondary N) is 1. The Morgan fingerprint density at radius 2 is 2.31 bits per heavy atom. The Bertz CT molecular complexity index is 339. The number of ether oxygens (including phenoxy) is 1. The van der Waals surface area contributed by atoms with E-state index < -0.39 is 0 Å². The highest BCUT2D eigenvalue weighted by molar-refractivity contribution is 5.88. The van der Waals surface area contributed by atoms with Crippen molar-refractivity contribution < 1.29 is 14.3 Å². The molecule has 2 bridgehead atoms. The SMILES string of the molecule is CCCNC(=O)[C@@H]1[C@@H]2C[C@@H]3[C@@H]1C(=O)O[C@@H]3C2. The summed E-state index contributed by atoms with van der Waals surface area (Å²) in [5.74, 6) is 0.393. The Morgan fingerprint density at radius 1 is 1.50 bits per heavy atom. The van der Waals surface area contributed by atoms with Gasteiger partial charge in [0.15, 0.2) is 0 Å². The van der Waals surface area contributed by atoms with E-state index in [0.717, 1.165) is 19.3 Å². The fraction of sp³-hybridized carbons (Fsp3) is 0.833. The Labute approximate surface area is 94.7 Å². The summed E-state index contributed by atoms with van der Waals surface area (Å²) in [6.07, 6.45) is 2.96. The molecule has 0 aromatic heterocycles.